The van der Waals surface area contributed by atoms with Crippen LogP contribution in [0.3, 0.4) is 0 Å². The summed E-state index contributed by atoms with van der Waals surface area (Å²) in [5, 5.41) is 22.7. The fourth-order valence-corrected chi connectivity index (χ4v) is 9.26. The molecule has 6 aliphatic rings. The summed E-state index contributed by atoms with van der Waals surface area (Å²) in [5.74, 6) is -12.3. The SMILES string of the molecule is OC1(c2c(F)c(F)c(F)c(F)c2F)C2C3CC4C5C3C1[C@@](O)(C5Br)C42. The van der Waals surface area contributed by atoms with Gasteiger partial charge in [-0.25, -0.2) is 22.0 Å². The number of aliphatic hydroxyl groups is 2. The van der Waals surface area contributed by atoms with Crippen LogP contribution >= 0.6 is 15.9 Å². The van der Waals surface area contributed by atoms with Gasteiger partial charge in [0.25, 0.3) is 0 Å². The summed E-state index contributed by atoms with van der Waals surface area (Å²) >= 11 is 3.49. The van der Waals surface area contributed by atoms with Crippen molar-refractivity contribution in [2.45, 2.75) is 22.5 Å². The highest BCUT2D eigenvalue weighted by atomic mass is 79.9. The first kappa shape index (κ1) is 15.3. The molecule has 1 aromatic carbocycles. The van der Waals surface area contributed by atoms with E-state index >= 15 is 0 Å². The standard InChI is InChI=1S/C17H12BrF5O2/c18-15-5-3-1-2-4(5)14-16(24,6(2)7(3)17(14,15)25)8-9(19)11(21)13(23)12(22)10(8)20/h2-7,14-15,24-25H,1H2/t2?,3?,4?,5?,6?,7?,14?,15?,16?,17-/m1/s1. The van der Waals surface area contributed by atoms with E-state index < -0.39 is 57.7 Å². The summed E-state index contributed by atoms with van der Waals surface area (Å²) in [6.07, 6.45) is 0.725. The molecule has 0 radical (unpaired) electrons. The number of halogens is 6. The molecule has 6 aliphatic carbocycles. The van der Waals surface area contributed by atoms with E-state index in [-0.39, 0.29) is 34.4 Å². The average molecular weight is 423 g/mol. The number of benzene rings is 1. The van der Waals surface area contributed by atoms with Gasteiger partial charge in [0.15, 0.2) is 23.3 Å². The first-order chi connectivity index (χ1) is 11.7. The van der Waals surface area contributed by atoms with E-state index in [1.807, 2.05) is 0 Å². The van der Waals surface area contributed by atoms with E-state index in [1.165, 1.54) is 0 Å². The Bertz CT molecular complexity index is 848. The molecular weight excluding hydrogens is 411 g/mol. The Balaban J connectivity index is 1.66. The second-order valence-electron chi connectivity index (χ2n) is 8.31. The van der Waals surface area contributed by atoms with Crippen molar-refractivity contribution in [3.05, 3.63) is 34.6 Å². The van der Waals surface area contributed by atoms with Crippen molar-refractivity contribution in [1.29, 1.82) is 0 Å². The van der Waals surface area contributed by atoms with E-state index in [9.17, 15) is 32.2 Å². The van der Waals surface area contributed by atoms with Gasteiger partial charge in [0.05, 0.1) is 11.2 Å². The van der Waals surface area contributed by atoms with Crippen LogP contribution in [0.5, 0.6) is 0 Å². The molecule has 6 bridgehead atoms. The van der Waals surface area contributed by atoms with Gasteiger partial charge in [0.2, 0.25) is 5.82 Å². The highest BCUT2D eigenvalue weighted by Gasteiger charge is 2.93. The molecular formula is C17H12BrF5O2. The largest absolute Gasteiger partial charge is 0.388 e. The fourth-order valence-electron chi connectivity index (χ4n) is 7.93. The van der Waals surface area contributed by atoms with Crippen molar-refractivity contribution < 1.29 is 32.2 Å². The average Bonchev–Trinajstić information content (AvgIpc) is 3.28. The lowest BCUT2D eigenvalue weighted by atomic mass is 9.69. The van der Waals surface area contributed by atoms with Crippen LogP contribution in [0.1, 0.15) is 12.0 Å². The van der Waals surface area contributed by atoms with Gasteiger partial charge in [-0.3, -0.25) is 0 Å². The summed E-state index contributed by atoms with van der Waals surface area (Å²) in [4.78, 5) is -0.324. The molecule has 134 valence electrons. The zero-order chi connectivity index (χ0) is 17.8. The quantitative estimate of drug-likeness (QED) is 0.316. The van der Waals surface area contributed by atoms with Crippen LogP contribution in [0.25, 0.3) is 0 Å². The van der Waals surface area contributed by atoms with Crippen molar-refractivity contribution in [3.63, 3.8) is 0 Å². The molecule has 2 N–H and O–H groups in total. The highest BCUT2D eigenvalue weighted by Crippen LogP contribution is 2.89. The van der Waals surface area contributed by atoms with Gasteiger partial charge in [-0.2, -0.15) is 0 Å². The maximum atomic E-state index is 14.5. The van der Waals surface area contributed by atoms with Crippen LogP contribution in [0.4, 0.5) is 22.0 Å². The van der Waals surface area contributed by atoms with Gasteiger partial charge < -0.3 is 10.2 Å². The summed E-state index contributed by atoms with van der Waals surface area (Å²) in [6.45, 7) is 0. The summed E-state index contributed by atoms with van der Waals surface area (Å²) in [7, 11) is 0. The van der Waals surface area contributed by atoms with Crippen molar-refractivity contribution in [3.8, 4) is 0 Å². The lowest BCUT2D eigenvalue weighted by molar-refractivity contribution is -0.0802. The molecule has 2 nitrogen and oxygen atoms in total. The van der Waals surface area contributed by atoms with Crippen LogP contribution in [0, 0.1) is 70.5 Å². The van der Waals surface area contributed by atoms with Gasteiger partial charge in [-0.1, -0.05) is 15.9 Å². The zero-order valence-corrected chi connectivity index (χ0v) is 14.1. The van der Waals surface area contributed by atoms with Crippen molar-refractivity contribution >= 4 is 15.9 Å². The molecule has 6 saturated carbocycles. The first-order valence-corrected chi connectivity index (χ1v) is 9.20. The lowest BCUT2D eigenvalue weighted by Gasteiger charge is -2.38. The summed E-state index contributed by atoms with van der Waals surface area (Å²) in [5.41, 5.74) is -4.76. The van der Waals surface area contributed by atoms with Gasteiger partial charge in [0.1, 0.15) is 5.60 Å². The van der Waals surface area contributed by atoms with Crippen molar-refractivity contribution in [1.82, 2.24) is 0 Å². The zero-order valence-electron chi connectivity index (χ0n) is 12.5. The Hall–Kier alpha value is -0.730. The van der Waals surface area contributed by atoms with Crippen molar-refractivity contribution in [2.75, 3.05) is 0 Å². The normalized spacial score (nSPS) is 56.2. The molecule has 0 spiro atoms. The van der Waals surface area contributed by atoms with E-state index in [0.29, 0.717) is 0 Å². The van der Waals surface area contributed by atoms with Crippen LogP contribution < -0.4 is 0 Å². The molecule has 9 unspecified atom stereocenters. The molecule has 8 heteroatoms. The minimum Gasteiger partial charge on any atom is -0.388 e. The first-order valence-electron chi connectivity index (χ1n) is 8.29. The van der Waals surface area contributed by atoms with Crippen LogP contribution in [-0.2, 0) is 5.60 Å². The Labute approximate surface area is 147 Å². The van der Waals surface area contributed by atoms with E-state index in [1.54, 1.807) is 0 Å². The molecule has 7 rings (SSSR count). The molecule has 6 fully saturated rings. The van der Waals surface area contributed by atoms with E-state index in [4.69, 9.17) is 0 Å². The third kappa shape index (κ3) is 1.16. The minimum absolute atomic E-state index is 0.0483. The maximum Gasteiger partial charge on any atom is 0.200 e. The predicted molar refractivity (Wildman–Crippen MR) is 76.8 cm³/mol. The Morgan fingerprint density at radius 1 is 0.800 bits per heavy atom. The molecule has 0 saturated heterocycles. The second-order valence-corrected chi connectivity index (χ2v) is 9.29. The molecule has 0 amide bonds. The van der Waals surface area contributed by atoms with Crippen molar-refractivity contribution in [2.24, 2.45) is 41.4 Å². The third-order valence-electron chi connectivity index (χ3n) is 8.08. The summed E-state index contributed by atoms with van der Waals surface area (Å²) in [6, 6.07) is 0. The van der Waals surface area contributed by atoms with Crippen LogP contribution in [0.15, 0.2) is 0 Å². The van der Waals surface area contributed by atoms with Crippen LogP contribution in [0.2, 0.25) is 0 Å². The number of rotatable bonds is 1. The topological polar surface area (TPSA) is 40.5 Å². The highest BCUT2D eigenvalue weighted by molar-refractivity contribution is 9.09. The molecule has 25 heavy (non-hydrogen) atoms. The smallest absolute Gasteiger partial charge is 0.200 e. The van der Waals surface area contributed by atoms with Gasteiger partial charge in [0, 0.05) is 16.7 Å². The number of hydrogen-bond donors (Lipinski definition) is 2. The van der Waals surface area contributed by atoms with E-state index in [0.717, 1.165) is 6.42 Å². The van der Waals surface area contributed by atoms with Gasteiger partial charge in [-0.15, -0.1) is 0 Å². The third-order valence-corrected chi connectivity index (χ3v) is 9.42. The number of alkyl halides is 1. The molecule has 1 aromatic rings. The molecule has 0 aromatic heterocycles. The van der Waals surface area contributed by atoms with Gasteiger partial charge >= 0.3 is 0 Å². The van der Waals surface area contributed by atoms with Gasteiger partial charge in [-0.05, 0) is 36.0 Å². The molecule has 10 atom stereocenters. The molecule has 0 aliphatic heterocycles. The lowest BCUT2D eigenvalue weighted by Crippen LogP contribution is -2.47. The summed E-state index contributed by atoms with van der Waals surface area (Å²) < 4.78 is 69.9. The van der Waals surface area contributed by atoms with E-state index in [2.05, 4.69) is 15.9 Å². The maximum absolute atomic E-state index is 14.5. The number of hydrogen-bond acceptors (Lipinski definition) is 2. The predicted octanol–water partition coefficient (Wildman–Crippen LogP) is 2.84. The van der Waals surface area contributed by atoms with Crippen LogP contribution in [-0.4, -0.2) is 20.6 Å². The minimum atomic E-state index is -2.23. The Morgan fingerprint density at radius 2 is 1.32 bits per heavy atom. The Kier molecular flexibility index (Phi) is 2.40. The monoisotopic (exact) mass is 422 g/mol. The second kappa shape index (κ2) is 3.92. The Morgan fingerprint density at radius 3 is 1.88 bits per heavy atom. The molecule has 0 heterocycles. The fraction of sp³-hybridized carbons (Fsp3) is 0.647.